The van der Waals surface area contributed by atoms with E-state index < -0.39 is 0 Å². The standard InChI is InChI=1S/C15H22BrNO2/c1-4-5-8-17-15(18)10-19-14-7-6-12(16)9-13(14)11(2)3/h6-7,9,11H,4-5,8,10H2,1-3H3,(H,17,18). The van der Waals surface area contributed by atoms with Crippen molar-refractivity contribution in [3.8, 4) is 5.75 Å². The van der Waals surface area contributed by atoms with Crippen molar-refractivity contribution in [1.29, 1.82) is 0 Å². The topological polar surface area (TPSA) is 38.3 Å². The molecule has 3 nitrogen and oxygen atoms in total. The van der Waals surface area contributed by atoms with Crippen LogP contribution in [-0.4, -0.2) is 19.1 Å². The number of benzene rings is 1. The molecule has 0 spiro atoms. The van der Waals surface area contributed by atoms with Crippen molar-refractivity contribution >= 4 is 21.8 Å². The van der Waals surface area contributed by atoms with E-state index in [9.17, 15) is 4.79 Å². The van der Waals surface area contributed by atoms with Gasteiger partial charge in [-0.25, -0.2) is 0 Å². The van der Waals surface area contributed by atoms with Crippen LogP contribution < -0.4 is 10.1 Å². The maximum absolute atomic E-state index is 11.6. The number of unbranched alkanes of at least 4 members (excludes halogenated alkanes) is 1. The first kappa shape index (κ1) is 16.0. The molecule has 1 aromatic rings. The van der Waals surface area contributed by atoms with Crippen molar-refractivity contribution in [3.63, 3.8) is 0 Å². The van der Waals surface area contributed by atoms with Crippen LogP contribution in [0.2, 0.25) is 0 Å². The van der Waals surface area contributed by atoms with Gasteiger partial charge in [0, 0.05) is 11.0 Å². The molecule has 0 atom stereocenters. The third-order valence-electron chi connectivity index (χ3n) is 2.81. The second-order valence-electron chi connectivity index (χ2n) is 4.83. The largest absolute Gasteiger partial charge is 0.483 e. The SMILES string of the molecule is CCCCNC(=O)COc1ccc(Br)cc1C(C)C. The van der Waals surface area contributed by atoms with Gasteiger partial charge in [0.2, 0.25) is 0 Å². The van der Waals surface area contributed by atoms with Gasteiger partial charge in [-0.2, -0.15) is 0 Å². The molecule has 0 unspecified atom stereocenters. The van der Waals surface area contributed by atoms with E-state index in [1.807, 2.05) is 18.2 Å². The molecule has 1 aromatic carbocycles. The Balaban J connectivity index is 2.55. The van der Waals surface area contributed by atoms with E-state index in [1.165, 1.54) is 0 Å². The van der Waals surface area contributed by atoms with Gasteiger partial charge in [-0.1, -0.05) is 43.1 Å². The van der Waals surface area contributed by atoms with Crippen molar-refractivity contribution in [2.24, 2.45) is 0 Å². The van der Waals surface area contributed by atoms with Crippen molar-refractivity contribution in [2.75, 3.05) is 13.2 Å². The van der Waals surface area contributed by atoms with Crippen LogP contribution in [0.25, 0.3) is 0 Å². The van der Waals surface area contributed by atoms with Crippen LogP contribution in [0.15, 0.2) is 22.7 Å². The molecule has 0 radical (unpaired) electrons. The first-order chi connectivity index (χ1) is 9.04. The quantitative estimate of drug-likeness (QED) is 0.772. The van der Waals surface area contributed by atoms with E-state index in [0.717, 1.165) is 35.2 Å². The molecule has 0 aliphatic carbocycles. The number of hydrogen-bond acceptors (Lipinski definition) is 2. The van der Waals surface area contributed by atoms with Gasteiger partial charge in [0.1, 0.15) is 5.75 Å². The zero-order valence-corrected chi connectivity index (χ0v) is 13.4. The Morgan fingerprint density at radius 3 is 2.79 bits per heavy atom. The second kappa shape index (κ2) is 8.20. The van der Waals surface area contributed by atoms with E-state index >= 15 is 0 Å². The van der Waals surface area contributed by atoms with Crippen LogP contribution in [0, 0.1) is 0 Å². The lowest BCUT2D eigenvalue weighted by Crippen LogP contribution is -2.29. The number of amides is 1. The number of hydrogen-bond donors (Lipinski definition) is 1. The molecule has 1 amide bonds. The van der Waals surface area contributed by atoms with E-state index in [0.29, 0.717) is 5.92 Å². The number of carbonyl (C=O) groups is 1. The molecular formula is C15H22BrNO2. The normalized spacial score (nSPS) is 10.6. The Kier molecular flexibility index (Phi) is 6.92. The molecular weight excluding hydrogens is 306 g/mol. The van der Waals surface area contributed by atoms with Gasteiger partial charge in [-0.05, 0) is 36.1 Å². The number of carbonyl (C=O) groups excluding carboxylic acids is 1. The first-order valence-corrected chi connectivity index (χ1v) is 7.52. The molecule has 0 saturated carbocycles. The predicted molar refractivity (Wildman–Crippen MR) is 81.6 cm³/mol. The Labute approximate surface area is 123 Å². The van der Waals surface area contributed by atoms with E-state index in [-0.39, 0.29) is 12.5 Å². The summed E-state index contributed by atoms with van der Waals surface area (Å²) in [6, 6.07) is 5.87. The highest BCUT2D eigenvalue weighted by molar-refractivity contribution is 9.10. The lowest BCUT2D eigenvalue weighted by molar-refractivity contribution is -0.123. The molecule has 0 aromatic heterocycles. The predicted octanol–water partition coefficient (Wildman–Crippen LogP) is 3.87. The Morgan fingerprint density at radius 1 is 1.42 bits per heavy atom. The summed E-state index contributed by atoms with van der Waals surface area (Å²) < 4.78 is 6.64. The lowest BCUT2D eigenvalue weighted by Gasteiger charge is -2.14. The van der Waals surface area contributed by atoms with Gasteiger partial charge < -0.3 is 10.1 Å². The summed E-state index contributed by atoms with van der Waals surface area (Å²) in [5.41, 5.74) is 1.11. The molecule has 1 N–H and O–H groups in total. The summed E-state index contributed by atoms with van der Waals surface area (Å²) >= 11 is 3.45. The highest BCUT2D eigenvalue weighted by Gasteiger charge is 2.10. The number of halogens is 1. The van der Waals surface area contributed by atoms with Crippen molar-refractivity contribution in [3.05, 3.63) is 28.2 Å². The van der Waals surface area contributed by atoms with Gasteiger partial charge in [0.05, 0.1) is 0 Å². The molecule has 0 heterocycles. The number of rotatable bonds is 7. The van der Waals surface area contributed by atoms with Gasteiger partial charge >= 0.3 is 0 Å². The Hall–Kier alpha value is -1.03. The van der Waals surface area contributed by atoms with Gasteiger partial charge in [-0.3, -0.25) is 4.79 Å². The molecule has 0 aliphatic rings. The van der Waals surface area contributed by atoms with Crippen LogP contribution in [0.5, 0.6) is 5.75 Å². The zero-order valence-electron chi connectivity index (χ0n) is 11.8. The summed E-state index contributed by atoms with van der Waals surface area (Å²) in [7, 11) is 0. The molecule has 0 aliphatic heterocycles. The number of nitrogens with one attached hydrogen (secondary N) is 1. The van der Waals surface area contributed by atoms with Crippen molar-refractivity contribution in [1.82, 2.24) is 5.32 Å². The first-order valence-electron chi connectivity index (χ1n) is 6.73. The van der Waals surface area contributed by atoms with E-state index in [1.54, 1.807) is 0 Å². The van der Waals surface area contributed by atoms with Gasteiger partial charge in [0.15, 0.2) is 6.61 Å². The monoisotopic (exact) mass is 327 g/mol. The van der Waals surface area contributed by atoms with Crippen LogP contribution >= 0.6 is 15.9 Å². The molecule has 0 saturated heterocycles. The molecule has 0 fully saturated rings. The summed E-state index contributed by atoms with van der Waals surface area (Å²) in [5.74, 6) is 1.07. The third kappa shape index (κ3) is 5.64. The maximum Gasteiger partial charge on any atom is 0.257 e. The molecule has 0 bridgehead atoms. The van der Waals surface area contributed by atoms with Crippen molar-refractivity contribution in [2.45, 2.75) is 39.5 Å². The minimum atomic E-state index is -0.0638. The summed E-state index contributed by atoms with van der Waals surface area (Å²) in [6.45, 7) is 7.10. The fourth-order valence-corrected chi connectivity index (χ4v) is 2.08. The number of ether oxygens (including phenoxy) is 1. The summed E-state index contributed by atoms with van der Waals surface area (Å²) in [5, 5.41) is 2.84. The van der Waals surface area contributed by atoms with E-state index in [4.69, 9.17) is 4.74 Å². The second-order valence-corrected chi connectivity index (χ2v) is 5.74. The fraction of sp³-hybridized carbons (Fsp3) is 0.533. The summed E-state index contributed by atoms with van der Waals surface area (Å²) in [4.78, 5) is 11.6. The lowest BCUT2D eigenvalue weighted by atomic mass is 10.0. The van der Waals surface area contributed by atoms with Crippen LogP contribution in [0.3, 0.4) is 0 Å². The smallest absolute Gasteiger partial charge is 0.257 e. The fourth-order valence-electron chi connectivity index (χ4n) is 1.70. The minimum Gasteiger partial charge on any atom is -0.483 e. The average molecular weight is 328 g/mol. The van der Waals surface area contributed by atoms with Crippen LogP contribution in [0.4, 0.5) is 0 Å². The minimum absolute atomic E-state index is 0.0638. The highest BCUT2D eigenvalue weighted by atomic mass is 79.9. The molecule has 19 heavy (non-hydrogen) atoms. The third-order valence-corrected chi connectivity index (χ3v) is 3.30. The maximum atomic E-state index is 11.6. The highest BCUT2D eigenvalue weighted by Crippen LogP contribution is 2.29. The molecule has 4 heteroatoms. The Morgan fingerprint density at radius 2 is 2.16 bits per heavy atom. The van der Waals surface area contributed by atoms with Gasteiger partial charge in [0.25, 0.3) is 5.91 Å². The summed E-state index contributed by atoms with van der Waals surface area (Å²) in [6.07, 6.45) is 2.08. The van der Waals surface area contributed by atoms with Crippen LogP contribution in [-0.2, 0) is 4.79 Å². The van der Waals surface area contributed by atoms with Crippen molar-refractivity contribution < 1.29 is 9.53 Å². The zero-order chi connectivity index (χ0) is 14.3. The average Bonchev–Trinajstić information content (AvgIpc) is 2.37. The van der Waals surface area contributed by atoms with Crippen LogP contribution in [0.1, 0.15) is 45.1 Å². The van der Waals surface area contributed by atoms with E-state index in [2.05, 4.69) is 42.0 Å². The molecule has 1 rings (SSSR count). The Bertz CT molecular complexity index is 419. The van der Waals surface area contributed by atoms with Gasteiger partial charge in [-0.15, -0.1) is 0 Å². The molecule has 106 valence electrons.